The van der Waals surface area contributed by atoms with Crippen molar-refractivity contribution < 1.29 is 14.3 Å². The molecule has 0 radical (unpaired) electrons. The normalized spacial score (nSPS) is 19.7. The molecule has 0 spiro atoms. The van der Waals surface area contributed by atoms with Crippen molar-refractivity contribution >= 4 is 5.91 Å². The molecule has 1 aliphatic carbocycles. The molecule has 1 amide bonds. The Morgan fingerprint density at radius 1 is 1.52 bits per heavy atom. The number of hydrogen-bond acceptors (Lipinski definition) is 2. The summed E-state index contributed by atoms with van der Waals surface area (Å²) in [5.41, 5.74) is 0.889. The monoisotopic (exact) mass is 289 g/mol. The van der Waals surface area contributed by atoms with Crippen LogP contribution in [0.3, 0.4) is 0 Å². The molecule has 2 N–H and O–H groups in total. The Bertz CT molecular complexity index is 599. The van der Waals surface area contributed by atoms with Gasteiger partial charge in [0.25, 0.3) is 5.91 Å². The number of halogens is 1. The van der Waals surface area contributed by atoms with Crippen molar-refractivity contribution in [2.75, 3.05) is 6.61 Å². The van der Waals surface area contributed by atoms with E-state index < -0.39 is 5.82 Å². The molecule has 2 rings (SSSR count). The summed E-state index contributed by atoms with van der Waals surface area (Å²) < 4.78 is 13.4. The van der Waals surface area contributed by atoms with Crippen LogP contribution in [0, 0.1) is 23.1 Å². The number of aliphatic hydroxyl groups is 1. The van der Waals surface area contributed by atoms with E-state index in [4.69, 9.17) is 5.11 Å². The first-order chi connectivity index (χ1) is 9.91. The van der Waals surface area contributed by atoms with Crippen molar-refractivity contribution in [3.8, 4) is 11.8 Å². The summed E-state index contributed by atoms with van der Waals surface area (Å²) in [5.74, 6) is 4.40. The zero-order chi connectivity index (χ0) is 15.5. The third kappa shape index (κ3) is 4.05. The van der Waals surface area contributed by atoms with Gasteiger partial charge in [0, 0.05) is 11.6 Å². The first kappa shape index (κ1) is 15.5. The lowest BCUT2D eigenvalue weighted by Crippen LogP contribution is -2.34. The van der Waals surface area contributed by atoms with Crippen molar-refractivity contribution in [3.63, 3.8) is 0 Å². The molecular formula is C17H20FNO2. The highest BCUT2D eigenvalue weighted by molar-refractivity contribution is 5.97. The maximum Gasteiger partial charge on any atom is 0.252 e. The Morgan fingerprint density at radius 3 is 2.90 bits per heavy atom. The Morgan fingerprint density at radius 2 is 2.29 bits per heavy atom. The van der Waals surface area contributed by atoms with Crippen molar-refractivity contribution in [3.05, 3.63) is 35.1 Å². The summed E-state index contributed by atoms with van der Waals surface area (Å²) in [6, 6.07) is 4.04. The lowest BCUT2D eigenvalue weighted by atomic mass is 9.92. The van der Waals surface area contributed by atoms with Crippen LogP contribution in [0.25, 0.3) is 0 Å². The molecule has 1 aromatic carbocycles. The van der Waals surface area contributed by atoms with Gasteiger partial charge in [-0.3, -0.25) is 4.79 Å². The molecule has 1 unspecified atom stereocenters. The summed E-state index contributed by atoms with van der Waals surface area (Å²) in [6.45, 7) is 4.06. The molecule has 1 fully saturated rings. The van der Waals surface area contributed by atoms with Crippen LogP contribution in [-0.2, 0) is 0 Å². The molecule has 1 atom stereocenters. The van der Waals surface area contributed by atoms with Gasteiger partial charge in [-0.05, 0) is 42.9 Å². The fraction of sp³-hybridized carbons (Fsp3) is 0.471. The minimum atomic E-state index is -0.471. The van der Waals surface area contributed by atoms with E-state index in [0.29, 0.717) is 5.56 Å². The SMILES string of the molecule is CC1(C)CCC(NC(=O)c2cc(F)ccc2C#CCO)C1. The number of nitrogens with one attached hydrogen (secondary N) is 1. The Balaban J connectivity index is 2.17. The van der Waals surface area contributed by atoms with Crippen molar-refractivity contribution in [1.82, 2.24) is 5.32 Å². The lowest BCUT2D eigenvalue weighted by molar-refractivity contribution is 0.0935. The smallest absolute Gasteiger partial charge is 0.252 e. The highest BCUT2D eigenvalue weighted by atomic mass is 19.1. The van der Waals surface area contributed by atoms with E-state index in [1.54, 1.807) is 0 Å². The first-order valence-electron chi connectivity index (χ1n) is 7.11. The standard InChI is InChI=1S/C17H20FNO2/c1-17(2)8-7-14(11-17)19-16(21)15-10-13(18)6-5-12(15)4-3-9-20/h5-6,10,14,20H,7-9,11H2,1-2H3,(H,19,21). The average Bonchev–Trinajstić information content (AvgIpc) is 2.76. The van der Waals surface area contributed by atoms with Gasteiger partial charge in [0.15, 0.2) is 0 Å². The molecule has 3 nitrogen and oxygen atoms in total. The van der Waals surface area contributed by atoms with Crippen molar-refractivity contribution in [2.45, 2.75) is 39.2 Å². The van der Waals surface area contributed by atoms with Gasteiger partial charge in [-0.1, -0.05) is 25.7 Å². The van der Waals surface area contributed by atoms with Gasteiger partial charge in [0.2, 0.25) is 0 Å². The molecule has 0 bridgehead atoms. The van der Waals surface area contributed by atoms with Crippen LogP contribution in [0.4, 0.5) is 4.39 Å². The van der Waals surface area contributed by atoms with Gasteiger partial charge in [0.1, 0.15) is 12.4 Å². The predicted octanol–water partition coefficient (Wildman–Crippen LogP) is 2.48. The summed E-state index contributed by atoms with van der Waals surface area (Å²) in [7, 11) is 0. The van der Waals surface area contributed by atoms with E-state index in [1.165, 1.54) is 18.2 Å². The van der Waals surface area contributed by atoms with Gasteiger partial charge >= 0.3 is 0 Å². The van der Waals surface area contributed by atoms with Crippen LogP contribution >= 0.6 is 0 Å². The van der Waals surface area contributed by atoms with E-state index in [1.807, 2.05) is 0 Å². The van der Waals surface area contributed by atoms with Crippen molar-refractivity contribution in [1.29, 1.82) is 0 Å². The maximum absolute atomic E-state index is 13.4. The number of hydrogen-bond donors (Lipinski definition) is 2. The van der Waals surface area contributed by atoms with E-state index in [2.05, 4.69) is 31.0 Å². The minimum absolute atomic E-state index is 0.120. The minimum Gasteiger partial charge on any atom is -0.384 e. The Kier molecular flexibility index (Phi) is 4.64. The third-order valence-electron chi connectivity index (χ3n) is 3.83. The molecule has 1 saturated carbocycles. The largest absolute Gasteiger partial charge is 0.384 e. The van der Waals surface area contributed by atoms with Crippen LogP contribution in [0.5, 0.6) is 0 Å². The van der Waals surface area contributed by atoms with Gasteiger partial charge in [-0.2, -0.15) is 0 Å². The fourth-order valence-electron chi connectivity index (χ4n) is 2.77. The van der Waals surface area contributed by atoms with Crippen LogP contribution in [-0.4, -0.2) is 23.7 Å². The highest BCUT2D eigenvalue weighted by Crippen LogP contribution is 2.37. The van der Waals surface area contributed by atoms with E-state index in [-0.39, 0.29) is 29.5 Å². The molecular weight excluding hydrogens is 269 g/mol. The van der Waals surface area contributed by atoms with E-state index in [9.17, 15) is 9.18 Å². The maximum atomic E-state index is 13.4. The van der Waals surface area contributed by atoms with Crippen molar-refractivity contribution in [2.24, 2.45) is 5.41 Å². The number of carbonyl (C=O) groups is 1. The zero-order valence-corrected chi connectivity index (χ0v) is 12.4. The van der Waals surface area contributed by atoms with Gasteiger partial charge in [-0.15, -0.1) is 0 Å². The Hall–Kier alpha value is -1.86. The molecule has 1 aromatic rings. The summed E-state index contributed by atoms with van der Waals surface area (Å²) in [6.07, 6.45) is 2.93. The predicted molar refractivity (Wildman–Crippen MR) is 79.3 cm³/mol. The van der Waals surface area contributed by atoms with Crippen LogP contribution in [0.2, 0.25) is 0 Å². The first-order valence-corrected chi connectivity index (χ1v) is 7.11. The molecule has 4 heteroatoms. The van der Waals surface area contributed by atoms with E-state index in [0.717, 1.165) is 19.3 Å². The second kappa shape index (κ2) is 6.28. The summed E-state index contributed by atoms with van der Waals surface area (Å²) in [5, 5.41) is 11.7. The molecule has 0 aliphatic heterocycles. The number of carbonyl (C=O) groups excluding carboxylic acids is 1. The molecule has 112 valence electrons. The van der Waals surface area contributed by atoms with Gasteiger partial charge in [-0.25, -0.2) is 4.39 Å². The van der Waals surface area contributed by atoms with Crippen LogP contribution in [0.15, 0.2) is 18.2 Å². The lowest BCUT2D eigenvalue weighted by Gasteiger charge is -2.18. The number of aliphatic hydroxyl groups excluding tert-OH is 1. The summed E-state index contributed by atoms with van der Waals surface area (Å²) in [4.78, 5) is 12.3. The quantitative estimate of drug-likeness (QED) is 0.822. The van der Waals surface area contributed by atoms with Crippen LogP contribution < -0.4 is 5.32 Å². The Labute approximate surface area is 124 Å². The van der Waals surface area contributed by atoms with Crippen LogP contribution in [0.1, 0.15) is 49.0 Å². The number of benzene rings is 1. The fourth-order valence-corrected chi connectivity index (χ4v) is 2.77. The van der Waals surface area contributed by atoms with Gasteiger partial charge < -0.3 is 10.4 Å². The summed E-state index contributed by atoms with van der Waals surface area (Å²) >= 11 is 0. The van der Waals surface area contributed by atoms with Gasteiger partial charge in [0.05, 0.1) is 5.56 Å². The topological polar surface area (TPSA) is 49.3 Å². The second-order valence-corrected chi connectivity index (χ2v) is 6.23. The molecule has 1 aliphatic rings. The molecule has 21 heavy (non-hydrogen) atoms. The zero-order valence-electron chi connectivity index (χ0n) is 12.4. The number of rotatable bonds is 2. The second-order valence-electron chi connectivity index (χ2n) is 6.23. The third-order valence-corrected chi connectivity index (χ3v) is 3.83. The molecule has 0 aromatic heterocycles. The molecule has 0 saturated heterocycles. The molecule has 0 heterocycles. The average molecular weight is 289 g/mol. The number of amides is 1. The highest BCUT2D eigenvalue weighted by Gasteiger charge is 2.32. The van der Waals surface area contributed by atoms with E-state index >= 15 is 0 Å².